The van der Waals surface area contributed by atoms with E-state index in [2.05, 4.69) is 13.8 Å². The molecule has 1 aliphatic carbocycles. The van der Waals surface area contributed by atoms with Crippen LogP contribution in [0.1, 0.15) is 53.9 Å². The van der Waals surface area contributed by atoms with Crippen LogP contribution in [-0.2, 0) is 4.74 Å². The quantitative estimate of drug-likeness (QED) is 0.847. The molecule has 1 amide bonds. The largest absolute Gasteiger partial charge is 0.444 e. The molecule has 1 aliphatic heterocycles. The molecule has 0 aromatic heterocycles. The van der Waals surface area contributed by atoms with E-state index in [0.717, 1.165) is 32.5 Å². The molecule has 2 rings (SSSR count). The molecular formula is C16H30N2O2. The summed E-state index contributed by atoms with van der Waals surface area (Å²) in [6.45, 7) is 12.8. The molecule has 1 unspecified atom stereocenters. The number of rotatable bonds is 2. The fraction of sp³-hybridized carbons (Fsp3) is 0.938. The summed E-state index contributed by atoms with van der Waals surface area (Å²) in [5.74, 6) is 0.654. The summed E-state index contributed by atoms with van der Waals surface area (Å²) in [5, 5.41) is 0. The molecule has 2 fully saturated rings. The summed E-state index contributed by atoms with van der Waals surface area (Å²) in [6, 6.07) is 0. The lowest BCUT2D eigenvalue weighted by Crippen LogP contribution is -2.44. The third kappa shape index (κ3) is 2.80. The van der Waals surface area contributed by atoms with Crippen molar-refractivity contribution < 1.29 is 9.53 Å². The Morgan fingerprint density at radius 2 is 1.80 bits per heavy atom. The number of piperidine rings is 1. The van der Waals surface area contributed by atoms with Gasteiger partial charge in [-0.15, -0.1) is 0 Å². The van der Waals surface area contributed by atoms with Crippen molar-refractivity contribution >= 4 is 6.09 Å². The summed E-state index contributed by atoms with van der Waals surface area (Å²) in [4.78, 5) is 13.9. The van der Waals surface area contributed by atoms with Gasteiger partial charge in [0.1, 0.15) is 5.60 Å². The van der Waals surface area contributed by atoms with Crippen molar-refractivity contribution in [1.29, 1.82) is 0 Å². The highest BCUT2D eigenvalue weighted by atomic mass is 16.6. The van der Waals surface area contributed by atoms with Gasteiger partial charge in [0.2, 0.25) is 0 Å². The standard InChI is InChI=1S/C16H30N2O2/c1-14(2,3)20-13(19)18-8-6-12(7-9-18)16(11-17)10-15(16,4)5/h12H,6-11,17H2,1-5H3. The van der Waals surface area contributed by atoms with E-state index in [1.807, 2.05) is 25.7 Å². The van der Waals surface area contributed by atoms with Crippen LogP contribution in [0.15, 0.2) is 0 Å². The number of hydrogen-bond donors (Lipinski definition) is 1. The minimum absolute atomic E-state index is 0.173. The predicted octanol–water partition coefficient (Wildman–Crippen LogP) is 3.01. The van der Waals surface area contributed by atoms with Crippen molar-refractivity contribution in [3.05, 3.63) is 0 Å². The minimum atomic E-state index is -0.412. The molecule has 2 aliphatic rings. The van der Waals surface area contributed by atoms with E-state index in [1.54, 1.807) is 0 Å². The van der Waals surface area contributed by atoms with Crippen LogP contribution >= 0.6 is 0 Å². The van der Waals surface area contributed by atoms with E-state index in [-0.39, 0.29) is 6.09 Å². The number of carbonyl (C=O) groups excluding carboxylic acids is 1. The SMILES string of the molecule is CC(C)(C)OC(=O)N1CCC(C2(CN)CC2(C)C)CC1. The summed E-state index contributed by atoms with van der Waals surface area (Å²) in [6.07, 6.45) is 3.17. The van der Waals surface area contributed by atoms with Gasteiger partial charge in [0, 0.05) is 13.1 Å². The fourth-order valence-corrected chi connectivity index (χ4v) is 3.90. The lowest BCUT2D eigenvalue weighted by Gasteiger charge is -2.38. The molecule has 0 aromatic rings. The second kappa shape index (κ2) is 4.90. The van der Waals surface area contributed by atoms with Crippen LogP contribution in [0.25, 0.3) is 0 Å². The zero-order valence-electron chi connectivity index (χ0n) is 13.7. The number of likely N-dealkylation sites (tertiary alicyclic amines) is 1. The lowest BCUT2D eigenvalue weighted by molar-refractivity contribution is 0.0140. The van der Waals surface area contributed by atoms with Crippen LogP contribution in [-0.4, -0.2) is 36.2 Å². The van der Waals surface area contributed by atoms with Gasteiger partial charge < -0.3 is 15.4 Å². The number of nitrogens with zero attached hydrogens (tertiary/aromatic N) is 1. The van der Waals surface area contributed by atoms with Crippen LogP contribution < -0.4 is 5.73 Å². The number of ether oxygens (including phenoxy) is 1. The first-order chi connectivity index (χ1) is 9.11. The third-order valence-electron chi connectivity index (χ3n) is 5.27. The lowest BCUT2D eigenvalue weighted by atomic mass is 9.77. The monoisotopic (exact) mass is 282 g/mol. The van der Waals surface area contributed by atoms with Gasteiger partial charge in [0.05, 0.1) is 0 Å². The van der Waals surface area contributed by atoms with Gasteiger partial charge in [-0.2, -0.15) is 0 Å². The summed E-state index contributed by atoms with van der Waals surface area (Å²) in [5.41, 5.74) is 6.32. The van der Waals surface area contributed by atoms with Gasteiger partial charge >= 0.3 is 6.09 Å². The van der Waals surface area contributed by atoms with Crippen molar-refractivity contribution in [2.45, 2.75) is 59.5 Å². The average Bonchev–Trinajstić information content (AvgIpc) is 2.91. The Morgan fingerprint density at radius 3 is 2.15 bits per heavy atom. The van der Waals surface area contributed by atoms with Crippen molar-refractivity contribution in [2.24, 2.45) is 22.5 Å². The number of amides is 1. The van der Waals surface area contributed by atoms with Crippen molar-refractivity contribution in [1.82, 2.24) is 4.90 Å². The van der Waals surface area contributed by atoms with Crippen LogP contribution in [0.5, 0.6) is 0 Å². The van der Waals surface area contributed by atoms with E-state index >= 15 is 0 Å². The summed E-state index contributed by atoms with van der Waals surface area (Å²) in [7, 11) is 0. The van der Waals surface area contributed by atoms with Crippen molar-refractivity contribution in [3.8, 4) is 0 Å². The number of hydrogen-bond acceptors (Lipinski definition) is 3. The smallest absolute Gasteiger partial charge is 0.410 e. The highest BCUT2D eigenvalue weighted by Crippen LogP contribution is 2.68. The second-order valence-electron chi connectivity index (χ2n) is 8.16. The van der Waals surface area contributed by atoms with E-state index in [4.69, 9.17) is 10.5 Å². The van der Waals surface area contributed by atoms with Crippen LogP contribution in [0, 0.1) is 16.7 Å². The second-order valence-corrected chi connectivity index (χ2v) is 8.16. The van der Waals surface area contributed by atoms with Gasteiger partial charge in [-0.25, -0.2) is 4.79 Å². The van der Waals surface area contributed by atoms with Crippen LogP contribution in [0.4, 0.5) is 4.79 Å². The zero-order chi connectivity index (χ0) is 15.2. The Morgan fingerprint density at radius 1 is 1.30 bits per heavy atom. The van der Waals surface area contributed by atoms with Gasteiger partial charge in [0.15, 0.2) is 0 Å². The third-order valence-corrected chi connectivity index (χ3v) is 5.27. The molecular weight excluding hydrogens is 252 g/mol. The molecule has 4 nitrogen and oxygen atoms in total. The number of nitrogens with two attached hydrogens (primary N) is 1. The summed E-state index contributed by atoms with van der Waals surface area (Å²) >= 11 is 0. The van der Waals surface area contributed by atoms with E-state index < -0.39 is 5.60 Å². The predicted molar refractivity (Wildman–Crippen MR) is 80.4 cm³/mol. The molecule has 0 spiro atoms. The molecule has 1 heterocycles. The molecule has 2 N–H and O–H groups in total. The molecule has 0 aromatic carbocycles. The average molecular weight is 282 g/mol. The zero-order valence-corrected chi connectivity index (χ0v) is 13.7. The Bertz CT molecular complexity index is 378. The van der Waals surface area contributed by atoms with Gasteiger partial charge in [-0.05, 0) is 63.3 Å². The van der Waals surface area contributed by atoms with E-state index in [1.165, 1.54) is 6.42 Å². The Kier molecular flexibility index (Phi) is 3.83. The molecule has 20 heavy (non-hydrogen) atoms. The van der Waals surface area contributed by atoms with E-state index in [9.17, 15) is 4.79 Å². The van der Waals surface area contributed by atoms with Crippen molar-refractivity contribution in [2.75, 3.05) is 19.6 Å². The van der Waals surface area contributed by atoms with Crippen LogP contribution in [0.2, 0.25) is 0 Å². The minimum Gasteiger partial charge on any atom is -0.444 e. The highest BCUT2D eigenvalue weighted by molar-refractivity contribution is 5.68. The van der Waals surface area contributed by atoms with Gasteiger partial charge in [-0.3, -0.25) is 0 Å². The summed E-state index contributed by atoms with van der Waals surface area (Å²) < 4.78 is 5.44. The van der Waals surface area contributed by atoms with Gasteiger partial charge in [0.25, 0.3) is 0 Å². The molecule has 4 heteroatoms. The van der Waals surface area contributed by atoms with Crippen molar-refractivity contribution in [3.63, 3.8) is 0 Å². The fourth-order valence-electron chi connectivity index (χ4n) is 3.90. The first kappa shape index (κ1) is 15.6. The highest BCUT2D eigenvalue weighted by Gasteiger charge is 2.63. The maximum absolute atomic E-state index is 12.1. The molecule has 1 saturated heterocycles. The van der Waals surface area contributed by atoms with Crippen LogP contribution in [0.3, 0.4) is 0 Å². The van der Waals surface area contributed by atoms with E-state index in [0.29, 0.717) is 16.7 Å². The maximum atomic E-state index is 12.1. The maximum Gasteiger partial charge on any atom is 0.410 e. The first-order valence-electron chi connectivity index (χ1n) is 7.79. The Labute approximate surface area is 123 Å². The molecule has 116 valence electrons. The normalized spacial score (nSPS) is 30.2. The van der Waals surface area contributed by atoms with Gasteiger partial charge in [-0.1, -0.05) is 13.8 Å². The molecule has 1 atom stereocenters. The molecule has 0 bridgehead atoms. The Hall–Kier alpha value is -0.770. The molecule has 0 radical (unpaired) electrons. The number of carbonyl (C=O) groups is 1. The molecule has 1 saturated carbocycles. The Balaban J connectivity index is 1.89. The topological polar surface area (TPSA) is 55.6 Å². The first-order valence-corrected chi connectivity index (χ1v) is 7.79.